The van der Waals surface area contributed by atoms with Gasteiger partial charge >= 0.3 is 0 Å². The minimum Gasteiger partial charge on any atom is -0.310 e. The minimum atomic E-state index is -0.313. The number of carbonyl (C=O) groups is 3. The number of tetrazole rings is 1. The average Bonchev–Trinajstić information content (AvgIpc) is 3.34. The fraction of sp³-hybridized carbons (Fsp3) is 0.273. The van der Waals surface area contributed by atoms with Gasteiger partial charge in [0.05, 0.1) is 11.1 Å². The van der Waals surface area contributed by atoms with E-state index >= 15 is 0 Å². The van der Waals surface area contributed by atoms with Gasteiger partial charge in [-0.25, -0.2) is 0 Å². The number of para-hydroxylation sites is 1. The van der Waals surface area contributed by atoms with Crippen molar-refractivity contribution in [2.45, 2.75) is 25.8 Å². The lowest BCUT2D eigenvalue weighted by molar-refractivity contribution is -0.119. The SMILES string of the molecule is O=C1c2ccccc2C(=O)N1CCc1nnn(CC(=O)N2CCCc3ccccc32)n1. The number of rotatable bonds is 5. The lowest BCUT2D eigenvalue weighted by Crippen LogP contribution is -2.38. The number of amides is 3. The lowest BCUT2D eigenvalue weighted by Gasteiger charge is -2.29. The van der Waals surface area contributed by atoms with Gasteiger partial charge in [-0.2, -0.15) is 4.80 Å². The zero-order valence-corrected chi connectivity index (χ0v) is 16.8. The van der Waals surface area contributed by atoms with Crippen molar-refractivity contribution >= 4 is 23.4 Å². The first-order chi connectivity index (χ1) is 15.1. The maximum Gasteiger partial charge on any atom is 0.261 e. The fourth-order valence-electron chi connectivity index (χ4n) is 4.10. The predicted molar refractivity (Wildman–Crippen MR) is 110 cm³/mol. The fourth-order valence-corrected chi connectivity index (χ4v) is 4.10. The van der Waals surface area contributed by atoms with Crippen molar-refractivity contribution in [3.63, 3.8) is 0 Å². The van der Waals surface area contributed by atoms with E-state index in [0.717, 1.165) is 24.1 Å². The summed E-state index contributed by atoms with van der Waals surface area (Å²) < 4.78 is 0. The largest absolute Gasteiger partial charge is 0.310 e. The summed E-state index contributed by atoms with van der Waals surface area (Å²) in [5.41, 5.74) is 2.92. The Labute approximate surface area is 178 Å². The smallest absolute Gasteiger partial charge is 0.261 e. The Hall–Kier alpha value is -3.88. The second-order valence-corrected chi connectivity index (χ2v) is 7.57. The summed E-state index contributed by atoms with van der Waals surface area (Å²) in [6, 6.07) is 14.7. The van der Waals surface area contributed by atoms with Crippen LogP contribution in [0.25, 0.3) is 0 Å². The molecule has 0 aliphatic carbocycles. The van der Waals surface area contributed by atoms with Crippen LogP contribution >= 0.6 is 0 Å². The summed E-state index contributed by atoms with van der Waals surface area (Å²) in [6.45, 7) is 0.803. The van der Waals surface area contributed by atoms with E-state index in [-0.39, 0.29) is 37.2 Å². The first-order valence-corrected chi connectivity index (χ1v) is 10.2. The highest BCUT2D eigenvalue weighted by Crippen LogP contribution is 2.27. The molecular weight excluding hydrogens is 396 g/mol. The average molecular weight is 416 g/mol. The molecule has 0 saturated heterocycles. The van der Waals surface area contributed by atoms with Gasteiger partial charge in [0, 0.05) is 25.2 Å². The Kier molecular flexibility index (Phi) is 4.78. The number of fused-ring (bicyclic) bond motifs is 2. The summed E-state index contributed by atoms with van der Waals surface area (Å²) in [4.78, 5) is 41.9. The van der Waals surface area contributed by atoms with Crippen molar-refractivity contribution in [3.05, 3.63) is 71.0 Å². The Balaban J connectivity index is 1.22. The number of aromatic nitrogens is 4. The molecule has 2 aliphatic rings. The molecule has 31 heavy (non-hydrogen) atoms. The predicted octanol–water partition coefficient (Wildman–Crippen LogP) is 1.49. The minimum absolute atomic E-state index is 0.0195. The summed E-state index contributed by atoms with van der Waals surface area (Å²) in [7, 11) is 0. The van der Waals surface area contributed by atoms with Gasteiger partial charge in [0.25, 0.3) is 17.7 Å². The molecule has 0 bridgehead atoms. The van der Waals surface area contributed by atoms with Crippen LogP contribution in [0.5, 0.6) is 0 Å². The molecule has 2 aliphatic heterocycles. The first-order valence-electron chi connectivity index (χ1n) is 10.2. The number of hydrogen-bond acceptors (Lipinski definition) is 6. The molecule has 5 rings (SSSR count). The Morgan fingerprint density at radius 2 is 1.68 bits per heavy atom. The normalized spacial score (nSPS) is 15.2. The van der Waals surface area contributed by atoms with E-state index in [9.17, 15) is 14.4 Å². The van der Waals surface area contributed by atoms with Crippen molar-refractivity contribution in [2.75, 3.05) is 18.0 Å². The molecule has 0 unspecified atom stereocenters. The molecule has 156 valence electrons. The van der Waals surface area contributed by atoms with Gasteiger partial charge in [-0.15, -0.1) is 10.2 Å². The van der Waals surface area contributed by atoms with Crippen molar-refractivity contribution < 1.29 is 14.4 Å². The van der Waals surface area contributed by atoms with E-state index in [4.69, 9.17) is 0 Å². The van der Waals surface area contributed by atoms with Crippen molar-refractivity contribution in [2.24, 2.45) is 0 Å². The number of hydrogen-bond donors (Lipinski definition) is 0. The summed E-state index contributed by atoms with van der Waals surface area (Å²) in [6.07, 6.45) is 2.15. The van der Waals surface area contributed by atoms with E-state index in [1.807, 2.05) is 24.3 Å². The summed E-state index contributed by atoms with van der Waals surface area (Å²) in [5.74, 6) is -0.348. The van der Waals surface area contributed by atoms with Gasteiger partial charge in [-0.3, -0.25) is 19.3 Å². The van der Waals surface area contributed by atoms with Crippen LogP contribution in [-0.2, 0) is 24.2 Å². The number of nitrogens with zero attached hydrogens (tertiary/aromatic N) is 6. The van der Waals surface area contributed by atoms with Gasteiger partial charge < -0.3 is 4.90 Å². The van der Waals surface area contributed by atoms with Crippen LogP contribution < -0.4 is 4.90 Å². The van der Waals surface area contributed by atoms with E-state index in [0.29, 0.717) is 23.5 Å². The van der Waals surface area contributed by atoms with E-state index in [1.54, 1.807) is 29.2 Å². The van der Waals surface area contributed by atoms with Crippen LogP contribution in [0, 0.1) is 0 Å². The highest BCUT2D eigenvalue weighted by atomic mass is 16.2. The third kappa shape index (κ3) is 3.48. The van der Waals surface area contributed by atoms with Crippen LogP contribution in [0.3, 0.4) is 0 Å². The molecule has 2 aromatic carbocycles. The highest BCUT2D eigenvalue weighted by Gasteiger charge is 2.34. The number of benzene rings is 2. The van der Waals surface area contributed by atoms with Crippen molar-refractivity contribution in [3.8, 4) is 0 Å². The topological polar surface area (TPSA) is 101 Å². The first kappa shape index (κ1) is 19.1. The molecule has 3 amide bonds. The zero-order chi connectivity index (χ0) is 21.4. The zero-order valence-electron chi connectivity index (χ0n) is 16.8. The highest BCUT2D eigenvalue weighted by molar-refractivity contribution is 6.21. The maximum absolute atomic E-state index is 12.8. The number of imide groups is 1. The van der Waals surface area contributed by atoms with Gasteiger partial charge in [0.2, 0.25) is 0 Å². The van der Waals surface area contributed by atoms with Gasteiger partial charge in [-0.1, -0.05) is 30.3 Å². The quantitative estimate of drug-likeness (QED) is 0.584. The molecule has 0 N–H and O–H groups in total. The number of aryl methyl sites for hydroxylation is 1. The Morgan fingerprint density at radius 3 is 2.45 bits per heavy atom. The van der Waals surface area contributed by atoms with Gasteiger partial charge in [0.1, 0.15) is 6.54 Å². The van der Waals surface area contributed by atoms with Crippen LogP contribution in [0.4, 0.5) is 5.69 Å². The lowest BCUT2D eigenvalue weighted by atomic mass is 10.0. The van der Waals surface area contributed by atoms with Crippen LogP contribution in [0.15, 0.2) is 48.5 Å². The summed E-state index contributed by atoms with van der Waals surface area (Å²) in [5, 5.41) is 12.2. The van der Waals surface area contributed by atoms with Crippen molar-refractivity contribution in [1.82, 2.24) is 25.1 Å². The van der Waals surface area contributed by atoms with E-state index in [2.05, 4.69) is 15.4 Å². The van der Waals surface area contributed by atoms with Crippen LogP contribution in [0.1, 0.15) is 38.5 Å². The Morgan fingerprint density at radius 1 is 0.968 bits per heavy atom. The molecule has 1 aromatic heterocycles. The molecule has 0 spiro atoms. The van der Waals surface area contributed by atoms with Crippen LogP contribution in [0.2, 0.25) is 0 Å². The van der Waals surface area contributed by atoms with Gasteiger partial charge in [0.15, 0.2) is 5.82 Å². The third-order valence-corrected chi connectivity index (χ3v) is 5.62. The second kappa shape index (κ2) is 7.75. The molecule has 0 fully saturated rings. The van der Waals surface area contributed by atoms with E-state index < -0.39 is 0 Å². The molecule has 3 heterocycles. The molecule has 0 atom stereocenters. The molecule has 0 radical (unpaired) electrons. The van der Waals surface area contributed by atoms with Gasteiger partial charge in [-0.05, 0) is 41.8 Å². The Bertz CT molecular complexity index is 1150. The molecule has 0 saturated carbocycles. The third-order valence-electron chi connectivity index (χ3n) is 5.62. The number of anilines is 1. The molecule has 3 aromatic rings. The monoisotopic (exact) mass is 416 g/mol. The number of carbonyl (C=O) groups excluding carboxylic acids is 3. The molecule has 9 heteroatoms. The van der Waals surface area contributed by atoms with Crippen LogP contribution in [-0.4, -0.2) is 55.9 Å². The standard InChI is InChI=1S/C22H20N6O3/c29-20(26-12-5-7-15-6-1-4-10-18(15)26)14-28-24-19(23-25-28)11-13-27-21(30)16-8-2-3-9-17(16)22(27)31/h1-4,6,8-10H,5,7,11-14H2. The molecule has 9 nitrogen and oxygen atoms in total. The summed E-state index contributed by atoms with van der Waals surface area (Å²) >= 11 is 0. The maximum atomic E-state index is 12.8. The van der Waals surface area contributed by atoms with E-state index in [1.165, 1.54) is 9.70 Å². The van der Waals surface area contributed by atoms with Crippen molar-refractivity contribution in [1.29, 1.82) is 0 Å². The molecular formula is C22H20N6O3. The second-order valence-electron chi connectivity index (χ2n) is 7.57.